The zero-order valence-electron chi connectivity index (χ0n) is 14.8. The average molecular weight is 349 g/mol. The Balaban J connectivity index is 1.63. The quantitative estimate of drug-likeness (QED) is 0.749. The molecule has 1 aliphatic carbocycles. The highest BCUT2D eigenvalue weighted by Crippen LogP contribution is 2.33. The van der Waals surface area contributed by atoms with Crippen LogP contribution in [-0.4, -0.2) is 13.0 Å². The molecule has 4 rings (SSSR count). The lowest BCUT2D eigenvalue weighted by molar-refractivity contribution is 0.0941. The maximum absolute atomic E-state index is 13.9. The number of halogens is 1. The van der Waals surface area contributed by atoms with Gasteiger partial charge >= 0.3 is 0 Å². The Morgan fingerprint density at radius 1 is 1.12 bits per heavy atom. The van der Waals surface area contributed by atoms with Gasteiger partial charge in [-0.15, -0.1) is 0 Å². The first-order valence-corrected chi connectivity index (χ1v) is 8.76. The third-order valence-electron chi connectivity index (χ3n) is 5.14. The lowest BCUT2D eigenvalue weighted by Crippen LogP contribution is -2.27. The Kier molecular flexibility index (Phi) is 4.11. The van der Waals surface area contributed by atoms with E-state index < -0.39 is 5.82 Å². The van der Waals surface area contributed by atoms with Gasteiger partial charge in [0.2, 0.25) is 0 Å². The molecule has 4 heteroatoms. The molecule has 132 valence electrons. The fourth-order valence-corrected chi connectivity index (χ4v) is 3.75. The molecule has 1 aliphatic rings. The highest BCUT2D eigenvalue weighted by Gasteiger charge is 2.20. The second-order valence-electron chi connectivity index (χ2n) is 6.70. The van der Waals surface area contributed by atoms with Crippen LogP contribution in [0.1, 0.15) is 40.0 Å². The predicted octanol–water partition coefficient (Wildman–Crippen LogP) is 4.58. The van der Waals surface area contributed by atoms with Crippen LogP contribution in [0.4, 0.5) is 4.39 Å². The van der Waals surface area contributed by atoms with Crippen molar-refractivity contribution in [3.05, 3.63) is 76.6 Å². The Labute approximate surface area is 151 Å². The van der Waals surface area contributed by atoms with Gasteiger partial charge in [-0.25, -0.2) is 4.39 Å². The van der Waals surface area contributed by atoms with Crippen LogP contribution in [0.15, 0.2) is 48.5 Å². The molecule has 26 heavy (non-hydrogen) atoms. The van der Waals surface area contributed by atoms with Gasteiger partial charge in [0.25, 0.3) is 5.91 Å². The number of nitrogens with one attached hydrogen (secondary N) is 1. The predicted molar refractivity (Wildman–Crippen MR) is 100 cm³/mol. The molecule has 1 N–H and O–H groups in total. The molecule has 0 aromatic heterocycles. The summed E-state index contributed by atoms with van der Waals surface area (Å²) in [6, 6.07) is 14.5. The lowest BCUT2D eigenvalue weighted by Gasteiger charge is -2.16. The van der Waals surface area contributed by atoms with E-state index in [1.165, 1.54) is 29.7 Å². The van der Waals surface area contributed by atoms with E-state index in [9.17, 15) is 9.18 Å². The van der Waals surface area contributed by atoms with Crippen molar-refractivity contribution in [2.24, 2.45) is 0 Å². The molecule has 0 aliphatic heterocycles. The summed E-state index contributed by atoms with van der Waals surface area (Å²) >= 11 is 0. The molecule has 0 radical (unpaired) electrons. The van der Waals surface area contributed by atoms with E-state index >= 15 is 0 Å². The number of hydrogen-bond acceptors (Lipinski definition) is 2. The molecule has 1 amide bonds. The Bertz CT molecular complexity index is 1000. The summed E-state index contributed by atoms with van der Waals surface area (Å²) in [6.07, 6.45) is 2.05. The van der Waals surface area contributed by atoms with Crippen LogP contribution in [0.25, 0.3) is 10.8 Å². The Morgan fingerprint density at radius 2 is 1.88 bits per heavy atom. The zero-order chi connectivity index (χ0) is 18.3. The molecule has 0 saturated carbocycles. The van der Waals surface area contributed by atoms with Crippen molar-refractivity contribution >= 4 is 16.7 Å². The summed E-state index contributed by atoms with van der Waals surface area (Å²) in [5, 5.41) is 5.18. The minimum absolute atomic E-state index is 0.149. The molecule has 3 nitrogen and oxygen atoms in total. The van der Waals surface area contributed by atoms with Crippen molar-refractivity contribution < 1.29 is 13.9 Å². The van der Waals surface area contributed by atoms with Gasteiger partial charge in [0.05, 0.1) is 13.2 Å². The number of carbonyl (C=O) groups excluding carboxylic acids is 1. The van der Waals surface area contributed by atoms with Crippen molar-refractivity contribution in [1.29, 1.82) is 0 Å². The molecule has 0 saturated heterocycles. The van der Waals surface area contributed by atoms with Crippen molar-refractivity contribution in [1.82, 2.24) is 5.32 Å². The maximum Gasteiger partial charge on any atom is 0.252 e. The van der Waals surface area contributed by atoms with Gasteiger partial charge in [0, 0.05) is 5.56 Å². The zero-order valence-corrected chi connectivity index (χ0v) is 14.8. The number of hydrogen-bond donors (Lipinski definition) is 1. The van der Waals surface area contributed by atoms with Crippen LogP contribution in [0.2, 0.25) is 0 Å². The van der Waals surface area contributed by atoms with Gasteiger partial charge in [-0.2, -0.15) is 0 Å². The molecule has 1 unspecified atom stereocenters. The number of rotatable bonds is 4. The second kappa shape index (κ2) is 6.45. The number of benzene rings is 3. The van der Waals surface area contributed by atoms with Crippen molar-refractivity contribution in [2.45, 2.75) is 25.8 Å². The van der Waals surface area contributed by atoms with E-state index in [0.717, 1.165) is 18.2 Å². The van der Waals surface area contributed by atoms with Gasteiger partial charge in [-0.3, -0.25) is 4.79 Å². The van der Waals surface area contributed by atoms with E-state index in [1.54, 1.807) is 12.1 Å². The highest BCUT2D eigenvalue weighted by atomic mass is 19.1. The molecule has 0 spiro atoms. The van der Waals surface area contributed by atoms with E-state index in [0.29, 0.717) is 11.1 Å². The lowest BCUT2D eigenvalue weighted by atomic mass is 9.99. The molecule has 0 heterocycles. The summed E-state index contributed by atoms with van der Waals surface area (Å²) in [4.78, 5) is 12.9. The summed E-state index contributed by atoms with van der Waals surface area (Å²) in [5.74, 6) is -0.388. The minimum Gasteiger partial charge on any atom is -0.494 e. The monoisotopic (exact) mass is 349 g/mol. The third kappa shape index (κ3) is 2.71. The molecule has 0 bridgehead atoms. The molecular weight excluding hydrogens is 329 g/mol. The van der Waals surface area contributed by atoms with Crippen LogP contribution in [0, 0.1) is 5.82 Å². The van der Waals surface area contributed by atoms with Crippen molar-refractivity contribution in [3.8, 4) is 5.75 Å². The number of methoxy groups -OCH3 is 1. The average Bonchev–Trinajstić information content (AvgIpc) is 3.07. The molecule has 3 aromatic rings. The summed E-state index contributed by atoms with van der Waals surface area (Å²) in [7, 11) is 1.43. The Morgan fingerprint density at radius 3 is 2.62 bits per heavy atom. The topological polar surface area (TPSA) is 38.3 Å². The first kappa shape index (κ1) is 16.6. The van der Waals surface area contributed by atoms with Crippen LogP contribution in [0.3, 0.4) is 0 Å². The van der Waals surface area contributed by atoms with Gasteiger partial charge in [0.15, 0.2) is 11.6 Å². The van der Waals surface area contributed by atoms with Gasteiger partial charge in [-0.1, -0.05) is 30.3 Å². The molecule has 0 fully saturated rings. The first-order chi connectivity index (χ1) is 12.6. The highest BCUT2D eigenvalue weighted by molar-refractivity contribution is 6.09. The van der Waals surface area contributed by atoms with Crippen LogP contribution in [0.5, 0.6) is 5.75 Å². The number of aryl methyl sites for hydroxylation is 2. The smallest absolute Gasteiger partial charge is 0.252 e. The van der Waals surface area contributed by atoms with Gasteiger partial charge in [0.1, 0.15) is 0 Å². The number of carbonyl (C=O) groups is 1. The summed E-state index contributed by atoms with van der Waals surface area (Å²) in [6.45, 7) is 1.85. The largest absolute Gasteiger partial charge is 0.494 e. The van der Waals surface area contributed by atoms with Gasteiger partial charge < -0.3 is 10.1 Å². The first-order valence-electron chi connectivity index (χ1n) is 8.76. The third-order valence-corrected chi connectivity index (χ3v) is 5.14. The van der Waals surface area contributed by atoms with Crippen molar-refractivity contribution in [2.75, 3.05) is 7.11 Å². The summed E-state index contributed by atoms with van der Waals surface area (Å²) < 4.78 is 18.9. The maximum atomic E-state index is 13.9. The normalized spacial score (nSPS) is 13.7. The fourth-order valence-electron chi connectivity index (χ4n) is 3.75. The standard InChI is InChI=1S/C22H20FNO2/c1-13(16-9-11-20(26-2)19(23)12-16)24-22(25)18-10-8-15-7-6-14-4-3-5-17(18)21(14)15/h3-5,8-13H,6-7H2,1-2H3,(H,24,25). The molecule has 3 aromatic carbocycles. The fraction of sp³-hybridized carbons (Fsp3) is 0.227. The van der Waals surface area contributed by atoms with E-state index in [4.69, 9.17) is 4.74 Å². The van der Waals surface area contributed by atoms with E-state index in [2.05, 4.69) is 11.4 Å². The van der Waals surface area contributed by atoms with Crippen LogP contribution < -0.4 is 10.1 Å². The van der Waals surface area contributed by atoms with Crippen molar-refractivity contribution in [3.63, 3.8) is 0 Å². The summed E-state index contributed by atoms with van der Waals surface area (Å²) in [5.41, 5.74) is 3.96. The van der Waals surface area contributed by atoms with E-state index in [-0.39, 0.29) is 17.7 Å². The number of amides is 1. The van der Waals surface area contributed by atoms with Crippen LogP contribution >= 0.6 is 0 Å². The number of ether oxygens (including phenoxy) is 1. The minimum atomic E-state index is -0.434. The second-order valence-corrected chi connectivity index (χ2v) is 6.70. The molecule has 1 atom stereocenters. The van der Waals surface area contributed by atoms with Gasteiger partial charge in [-0.05, 0) is 65.4 Å². The Hall–Kier alpha value is -2.88. The SMILES string of the molecule is COc1ccc(C(C)NC(=O)c2ccc3c4c(cccc24)CC3)cc1F. The molecular formula is C22H20FNO2. The van der Waals surface area contributed by atoms with E-state index in [1.807, 2.05) is 31.2 Å². The van der Waals surface area contributed by atoms with Crippen LogP contribution in [-0.2, 0) is 12.8 Å².